The molecule has 5 aromatic carbocycles. The van der Waals surface area contributed by atoms with Crippen molar-refractivity contribution in [1.29, 1.82) is 0 Å². The van der Waals surface area contributed by atoms with Gasteiger partial charge in [0.2, 0.25) is 0 Å². The zero-order chi connectivity index (χ0) is 76.5. The molecular formula is C82H111BBr2ClCs2N13O5. The molecule has 0 amide bonds. The molecule has 4 fully saturated rings. The number of aryl methyl sites for hydroxylation is 4. The molecule has 0 saturated carbocycles. The molecule has 0 aliphatic carbocycles. The van der Waals surface area contributed by atoms with Crippen molar-refractivity contribution in [2.45, 2.75) is 226 Å². The van der Waals surface area contributed by atoms with E-state index in [2.05, 4.69) is 320 Å². The fraction of sp³-hybridized carbons (Fsp3) is 0.488. The maximum atomic E-state index is 8.64. The van der Waals surface area contributed by atoms with Crippen LogP contribution in [0.3, 0.4) is 0 Å². The predicted octanol–water partition coefficient (Wildman–Crippen LogP) is 10.5. The van der Waals surface area contributed by atoms with E-state index in [1.807, 2.05) is 53.9 Å². The van der Waals surface area contributed by atoms with Gasteiger partial charge in [0, 0.05) is 128 Å². The zero-order valence-corrected chi connectivity index (χ0v) is 83.9. The van der Waals surface area contributed by atoms with Crippen molar-refractivity contribution >= 4 is 129 Å². The van der Waals surface area contributed by atoms with Gasteiger partial charge in [-0.3, -0.25) is 14.2 Å². The number of pyridine rings is 3. The van der Waals surface area contributed by atoms with E-state index in [-0.39, 0.29) is 197 Å². The Hall–Kier alpha value is -2.52. The minimum Gasteiger partial charge on any atom is -1.00 e. The molecular weight excluding hydrogens is 1720 g/mol. The van der Waals surface area contributed by atoms with Crippen molar-refractivity contribution in [3.05, 3.63) is 153 Å². The topological polar surface area (TPSA) is 197 Å². The van der Waals surface area contributed by atoms with Crippen LogP contribution >= 0.6 is 43.5 Å². The number of benzene rings is 5. The Balaban J connectivity index is 0.000000215. The largest absolute Gasteiger partial charge is 1.00 e. The number of fused-ring (bicyclic) bond motifs is 5. The van der Waals surface area contributed by atoms with Gasteiger partial charge in [0.1, 0.15) is 16.8 Å². The van der Waals surface area contributed by atoms with E-state index in [4.69, 9.17) is 40.9 Å². The van der Waals surface area contributed by atoms with E-state index >= 15 is 0 Å². The molecule has 4 aliphatic heterocycles. The smallest absolute Gasteiger partial charge is 1.00 e. The van der Waals surface area contributed by atoms with Crippen LogP contribution in [0, 0.1) is 13.8 Å². The molecule has 0 bridgehead atoms. The summed E-state index contributed by atoms with van der Waals surface area (Å²) in [6.45, 7) is 39.8. The molecule has 5 aromatic heterocycles. The minimum absolute atomic E-state index is 0. The Morgan fingerprint density at radius 2 is 0.906 bits per heavy atom. The molecule has 0 unspecified atom stereocenters. The van der Waals surface area contributed by atoms with Crippen molar-refractivity contribution in [3.63, 3.8) is 0 Å². The Labute approximate surface area is 771 Å². The van der Waals surface area contributed by atoms with Crippen LogP contribution in [0.4, 0.5) is 11.6 Å². The number of piperidine rings is 3. The fourth-order valence-electron chi connectivity index (χ4n) is 16.0. The van der Waals surface area contributed by atoms with E-state index < -0.39 is 0 Å². The number of rotatable bonds is 8. The van der Waals surface area contributed by atoms with Crippen LogP contribution in [0.5, 0.6) is 0 Å². The van der Waals surface area contributed by atoms with Crippen LogP contribution in [-0.2, 0) is 33.1 Å². The number of aromatic nitrogens is 7. The fourth-order valence-corrected chi connectivity index (χ4v) is 16.9. The van der Waals surface area contributed by atoms with Crippen LogP contribution in [-0.4, -0.2) is 132 Å². The van der Waals surface area contributed by atoms with Crippen LogP contribution in [0.2, 0.25) is 5.15 Å². The number of nitrogens with one attached hydrogen (secondary N) is 4. The molecule has 0 atom stereocenters. The summed E-state index contributed by atoms with van der Waals surface area (Å²) in [6, 6.07) is 41.4. The summed E-state index contributed by atoms with van der Waals surface area (Å²) in [5.74, 6) is 2.10. The van der Waals surface area contributed by atoms with E-state index in [1.165, 1.54) is 45.7 Å². The van der Waals surface area contributed by atoms with Crippen LogP contribution in [0.1, 0.15) is 162 Å². The maximum Gasteiger partial charge on any atom is 1.00 e. The summed E-state index contributed by atoms with van der Waals surface area (Å²) in [7, 11) is 10.0. The van der Waals surface area contributed by atoms with Crippen molar-refractivity contribution in [1.82, 2.24) is 55.8 Å². The third-order valence-electron chi connectivity index (χ3n) is 20.4. The van der Waals surface area contributed by atoms with E-state index in [0.29, 0.717) is 23.3 Å². The third kappa shape index (κ3) is 24.3. The number of halogens is 3. The first-order chi connectivity index (χ1) is 48.4. The standard InChI is InChI=1S/C28H35N5.C19H26BrN3.C15H21BN2O2.C10H22N2.C9H5BrClN.CH2O3.2Cs.H/c1-18-12-21(14-22-17-32(6)30-26(18)22)19-8-10-24-20(13-19)9-11-25(29-24)33(7)23-15-27(2,3)31-28(4,5)16-23;1-18(2)11-15(12-19(3,4)22-18)23(5)17-9-6-13-10-14(20)7-8-16(13)21-17;1-10-7-12(8-11-9-18(6)17-13(10)11)16-19-14(2,3)15(4,5)20-16;1-9(2)6-8(11-5)7-10(3,4)12-9;10-7-2-3-8-6(5-7)1-4-9(11)12-8;2-1-4-3;;;/h8-14,17,23,31H,15-16H2,1-7H3;6-10,15,22H,11-12H2,1-5H3;7-9H,1-6H3;8,11-12H,6-7H2,1-5H3;1-5H;1,3H;;;/q;;;;;;2*+1;-1/p-1. The molecule has 14 rings (SSSR count). The summed E-state index contributed by atoms with van der Waals surface area (Å²) >= 11 is 12.6. The van der Waals surface area contributed by atoms with Gasteiger partial charge in [-0.1, -0.05) is 61.7 Å². The number of carbonyl (C=O) groups excluding carboxylic acids is 1. The molecule has 4 saturated heterocycles. The van der Waals surface area contributed by atoms with E-state index in [9.17, 15) is 0 Å². The summed E-state index contributed by atoms with van der Waals surface area (Å²) in [5.41, 5.74) is 11.4. The summed E-state index contributed by atoms with van der Waals surface area (Å²) < 4.78 is 18.1. The van der Waals surface area contributed by atoms with Gasteiger partial charge < -0.3 is 51.9 Å². The van der Waals surface area contributed by atoms with Crippen molar-refractivity contribution < 1.29 is 163 Å². The average molecular weight is 1830 g/mol. The zero-order valence-electron chi connectivity index (χ0n) is 68.5. The number of anilines is 2. The Morgan fingerprint density at radius 3 is 1.33 bits per heavy atom. The predicted molar refractivity (Wildman–Crippen MR) is 438 cm³/mol. The molecule has 4 N–H and O–H groups in total. The molecule has 0 spiro atoms. The SMILES string of the molecule is CN(c1ccc2cc(Br)ccc2n1)C1CC(C)(C)NC(C)(C)C1.CNC1CC(C)(C)NC(C)(C)C1.Cc1cc(-c2ccc3nc(N(C)C4CC(C)(C)NC(C)(C)C4)ccc3c2)cc2cn(C)nc12.Cc1cc(B2OC(C)(C)C(C)(C)O2)cc2cn(C)nc12.Clc1ccc2cc(Br)ccc2n1.O=CO[O-].[Cs+].[Cs+].[H-]. The van der Waals surface area contributed by atoms with Gasteiger partial charge >= 0.3 is 145 Å². The number of hydrogen-bond donors (Lipinski definition) is 4. The molecule has 24 heteroatoms. The molecule has 9 heterocycles. The van der Waals surface area contributed by atoms with Gasteiger partial charge in [-0.2, -0.15) is 10.2 Å². The average Bonchev–Trinajstić information content (AvgIpc) is 1.78. The van der Waals surface area contributed by atoms with Gasteiger partial charge in [-0.15, -0.1) is 0 Å². The minimum atomic E-state index is -0.316. The summed E-state index contributed by atoms with van der Waals surface area (Å²) in [6.07, 6.45) is 11.0. The maximum absolute atomic E-state index is 8.64. The summed E-state index contributed by atoms with van der Waals surface area (Å²) in [5, 5.41) is 38.3. The Kier molecular flexibility index (Phi) is 31.4. The molecule has 560 valence electrons. The molecule has 18 nitrogen and oxygen atoms in total. The second-order valence-corrected chi connectivity index (χ2v) is 36.1. The normalized spacial score (nSPS) is 18.7. The molecule has 4 aliphatic rings. The quantitative estimate of drug-likeness (QED) is 0.0368. The summed E-state index contributed by atoms with van der Waals surface area (Å²) in [4.78, 5) is 30.1. The van der Waals surface area contributed by atoms with Gasteiger partial charge in [-0.05, 0) is 295 Å². The molecule has 106 heavy (non-hydrogen) atoms. The first-order valence-corrected chi connectivity index (χ1v) is 38.0. The second kappa shape index (κ2) is 36.7. The Morgan fingerprint density at radius 1 is 0.538 bits per heavy atom. The Bertz CT molecular complexity index is 4590. The van der Waals surface area contributed by atoms with Crippen molar-refractivity contribution in [2.24, 2.45) is 14.1 Å². The van der Waals surface area contributed by atoms with Crippen molar-refractivity contribution in [3.8, 4) is 11.1 Å². The first-order valence-electron chi connectivity index (χ1n) is 36.0. The number of carbonyl (C=O) groups is 1. The number of hydrogen-bond acceptors (Lipinski definition) is 16. The van der Waals surface area contributed by atoms with E-state index in [0.717, 1.165) is 95.6 Å². The van der Waals surface area contributed by atoms with Crippen LogP contribution < -0.4 is 180 Å². The van der Waals surface area contributed by atoms with Crippen molar-refractivity contribution in [2.75, 3.05) is 30.9 Å². The molecule has 0 radical (unpaired) electrons. The van der Waals surface area contributed by atoms with E-state index in [1.54, 1.807) is 6.07 Å². The first kappa shape index (κ1) is 90.7. The molecule has 10 aromatic rings. The monoisotopic (exact) mass is 1830 g/mol. The van der Waals surface area contributed by atoms with Crippen LogP contribution in [0.25, 0.3) is 65.6 Å². The van der Waals surface area contributed by atoms with Crippen LogP contribution in [0.15, 0.2) is 137 Å². The van der Waals surface area contributed by atoms with Gasteiger partial charge in [0.05, 0.1) is 38.8 Å². The third-order valence-corrected chi connectivity index (χ3v) is 21.6. The second-order valence-electron chi connectivity index (χ2n) is 33.9. The van der Waals surface area contributed by atoms with Gasteiger partial charge in [0.15, 0.2) is 0 Å². The number of nitrogens with zero attached hydrogens (tertiary/aromatic N) is 9. The van der Waals surface area contributed by atoms with Gasteiger partial charge in [-0.25, -0.2) is 15.0 Å². The van der Waals surface area contributed by atoms with Gasteiger partial charge in [0.25, 0.3) is 6.47 Å².